The molecule has 1 aliphatic heterocycles. The summed E-state index contributed by atoms with van der Waals surface area (Å²) in [5.41, 5.74) is 2.35. The Morgan fingerprint density at radius 3 is 2.96 bits per heavy atom. The SMILES string of the molecule is O=CC1=C(OCC2CC=CN=C2c2ccnn2C2CCC2)C=CCC1O. The molecule has 2 unspecified atom stereocenters. The molecule has 1 saturated carbocycles. The van der Waals surface area contributed by atoms with Crippen molar-refractivity contribution in [2.24, 2.45) is 10.9 Å². The molecule has 2 heterocycles. The molecule has 6 nitrogen and oxygen atoms in total. The van der Waals surface area contributed by atoms with Crippen LogP contribution in [0.1, 0.15) is 43.8 Å². The molecule has 0 amide bonds. The fraction of sp³-hybridized carbons (Fsp3) is 0.450. The summed E-state index contributed by atoms with van der Waals surface area (Å²) in [6.45, 7) is 0.406. The molecule has 0 bridgehead atoms. The van der Waals surface area contributed by atoms with Crippen LogP contribution in [-0.2, 0) is 9.53 Å². The molecule has 2 aliphatic carbocycles. The van der Waals surface area contributed by atoms with Gasteiger partial charge in [-0.3, -0.25) is 14.5 Å². The molecule has 1 aromatic rings. The number of allylic oxidation sites excluding steroid dienone is 2. The first-order valence-corrected chi connectivity index (χ1v) is 9.21. The second kappa shape index (κ2) is 7.41. The summed E-state index contributed by atoms with van der Waals surface area (Å²) in [7, 11) is 0. The Hall–Kier alpha value is -2.47. The van der Waals surface area contributed by atoms with Gasteiger partial charge in [-0.1, -0.05) is 12.2 Å². The number of rotatable bonds is 6. The zero-order valence-corrected chi connectivity index (χ0v) is 14.6. The first-order chi connectivity index (χ1) is 12.8. The highest BCUT2D eigenvalue weighted by Gasteiger charge is 2.28. The Morgan fingerprint density at radius 1 is 1.31 bits per heavy atom. The molecule has 26 heavy (non-hydrogen) atoms. The minimum Gasteiger partial charge on any atom is -0.492 e. The van der Waals surface area contributed by atoms with Crippen LogP contribution in [0.4, 0.5) is 0 Å². The highest BCUT2D eigenvalue weighted by atomic mass is 16.5. The van der Waals surface area contributed by atoms with E-state index in [0.29, 0.717) is 36.7 Å². The molecule has 4 rings (SSSR count). The van der Waals surface area contributed by atoms with Crippen molar-refractivity contribution in [3.8, 4) is 0 Å². The van der Waals surface area contributed by atoms with Gasteiger partial charge in [-0.2, -0.15) is 5.10 Å². The first-order valence-electron chi connectivity index (χ1n) is 9.21. The number of hydrogen-bond donors (Lipinski definition) is 1. The third kappa shape index (κ3) is 3.17. The van der Waals surface area contributed by atoms with Gasteiger partial charge in [0.2, 0.25) is 0 Å². The standard InChI is InChI=1S/C20H23N3O3/c24-12-16-18(25)7-2-8-19(16)26-13-14-4-3-10-21-20(14)17-9-11-22-23(17)15-5-1-6-15/h2-3,8-12,14-15,18,25H,1,4-7,13H2. The third-order valence-electron chi connectivity index (χ3n) is 5.32. The molecule has 3 aliphatic rings. The van der Waals surface area contributed by atoms with Gasteiger partial charge >= 0.3 is 0 Å². The van der Waals surface area contributed by atoms with Crippen molar-refractivity contribution in [2.75, 3.05) is 6.61 Å². The van der Waals surface area contributed by atoms with Crippen LogP contribution in [0.3, 0.4) is 0 Å². The lowest BCUT2D eigenvalue weighted by atomic mass is 9.91. The Kier molecular flexibility index (Phi) is 4.84. The molecular weight excluding hydrogens is 330 g/mol. The Morgan fingerprint density at radius 2 is 2.19 bits per heavy atom. The van der Waals surface area contributed by atoms with E-state index in [1.807, 2.05) is 30.6 Å². The Labute approximate surface area is 152 Å². The number of hydrogen-bond acceptors (Lipinski definition) is 5. The molecular formula is C20H23N3O3. The van der Waals surface area contributed by atoms with E-state index in [4.69, 9.17) is 4.74 Å². The lowest BCUT2D eigenvalue weighted by Crippen LogP contribution is -2.29. The van der Waals surface area contributed by atoms with Gasteiger partial charge in [0.05, 0.1) is 35.7 Å². The van der Waals surface area contributed by atoms with Crippen molar-refractivity contribution in [3.63, 3.8) is 0 Å². The average Bonchev–Trinajstić information content (AvgIpc) is 3.07. The van der Waals surface area contributed by atoms with E-state index >= 15 is 0 Å². The fourth-order valence-corrected chi connectivity index (χ4v) is 3.59. The molecule has 136 valence electrons. The van der Waals surface area contributed by atoms with Crippen molar-refractivity contribution in [2.45, 2.75) is 44.2 Å². The Balaban J connectivity index is 1.52. The lowest BCUT2D eigenvalue weighted by molar-refractivity contribution is -0.106. The van der Waals surface area contributed by atoms with Crippen LogP contribution in [0.25, 0.3) is 0 Å². The summed E-state index contributed by atoms with van der Waals surface area (Å²) >= 11 is 0. The van der Waals surface area contributed by atoms with Crippen LogP contribution in [0.2, 0.25) is 0 Å². The summed E-state index contributed by atoms with van der Waals surface area (Å²) in [4.78, 5) is 15.9. The van der Waals surface area contributed by atoms with Crippen molar-refractivity contribution >= 4 is 12.0 Å². The van der Waals surface area contributed by atoms with Gasteiger partial charge in [-0.25, -0.2) is 0 Å². The highest BCUT2D eigenvalue weighted by Crippen LogP contribution is 2.33. The number of aliphatic hydroxyl groups is 1. The monoisotopic (exact) mass is 353 g/mol. The molecule has 1 fully saturated rings. The van der Waals surface area contributed by atoms with Crippen LogP contribution in [0.15, 0.2) is 53.0 Å². The van der Waals surface area contributed by atoms with E-state index in [9.17, 15) is 9.90 Å². The zero-order valence-electron chi connectivity index (χ0n) is 14.6. The van der Waals surface area contributed by atoms with Crippen molar-refractivity contribution in [1.82, 2.24) is 9.78 Å². The van der Waals surface area contributed by atoms with Crippen LogP contribution in [-0.4, -0.2) is 39.6 Å². The van der Waals surface area contributed by atoms with Gasteiger partial charge in [0.15, 0.2) is 6.29 Å². The molecule has 0 saturated heterocycles. The predicted octanol–water partition coefficient (Wildman–Crippen LogP) is 2.72. The minimum absolute atomic E-state index is 0.0865. The molecule has 0 spiro atoms. The van der Waals surface area contributed by atoms with E-state index in [2.05, 4.69) is 14.8 Å². The van der Waals surface area contributed by atoms with E-state index in [1.54, 1.807) is 6.08 Å². The summed E-state index contributed by atoms with van der Waals surface area (Å²) in [5, 5.41) is 14.4. The number of aldehydes is 1. The third-order valence-corrected chi connectivity index (χ3v) is 5.32. The van der Waals surface area contributed by atoms with Crippen molar-refractivity contribution in [3.05, 3.63) is 53.7 Å². The number of carbonyl (C=O) groups is 1. The average molecular weight is 353 g/mol. The second-order valence-corrected chi connectivity index (χ2v) is 6.98. The van der Waals surface area contributed by atoms with Crippen LogP contribution in [0, 0.1) is 5.92 Å². The summed E-state index contributed by atoms with van der Waals surface area (Å²) in [5.74, 6) is 0.545. The van der Waals surface area contributed by atoms with Gasteiger partial charge < -0.3 is 9.84 Å². The number of ether oxygens (including phenoxy) is 1. The summed E-state index contributed by atoms with van der Waals surface area (Å²) in [6, 6.07) is 2.49. The molecule has 1 aromatic heterocycles. The predicted molar refractivity (Wildman–Crippen MR) is 97.7 cm³/mol. The maximum Gasteiger partial charge on any atom is 0.152 e. The van der Waals surface area contributed by atoms with Gasteiger partial charge in [0.25, 0.3) is 0 Å². The summed E-state index contributed by atoms with van der Waals surface area (Å²) in [6.07, 6.45) is 14.0. The highest BCUT2D eigenvalue weighted by molar-refractivity contribution is 6.02. The van der Waals surface area contributed by atoms with Gasteiger partial charge in [-0.15, -0.1) is 0 Å². The molecule has 0 radical (unpaired) electrons. The van der Waals surface area contributed by atoms with Crippen LogP contribution >= 0.6 is 0 Å². The number of carbonyl (C=O) groups excluding carboxylic acids is 1. The minimum atomic E-state index is -0.785. The number of aliphatic imine (C=N–C) groups is 1. The fourth-order valence-electron chi connectivity index (χ4n) is 3.59. The zero-order chi connectivity index (χ0) is 17.9. The molecule has 6 heteroatoms. The van der Waals surface area contributed by atoms with E-state index in [1.165, 1.54) is 6.42 Å². The van der Waals surface area contributed by atoms with E-state index < -0.39 is 6.10 Å². The Bertz CT molecular complexity index is 799. The smallest absolute Gasteiger partial charge is 0.152 e. The summed E-state index contributed by atoms with van der Waals surface area (Å²) < 4.78 is 8.01. The normalized spacial score (nSPS) is 25.8. The van der Waals surface area contributed by atoms with Gasteiger partial charge in [0, 0.05) is 18.3 Å². The topological polar surface area (TPSA) is 76.7 Å². The van der Waals surface area contributed by atoms with Crippen LogP contribution < -0.4 is 0 Å². The van der Waals surface area contributed by atoms with Crippen LogP contribution in [0.5, 0.6) is 0 Å². The largest absolute Gasteiger partial charge is 0.492 e. The number of nitrogens with zero attached hydrogens (tertiary/aromatic N) is 3. The van der Waals surface area contributed by atoms with Crippen molar-refractivity contribution in [1.29, 1.82) is 0 Å². The molecule has 2 atom stereocenters. The molecule has 1 N–H and O–H groups in total. The van der Waals surface area contributed by atoms with Gasteiger partial charge in [-0.05, 0) is 44.2 Å². The van der Waals surface area contributed by atoms with Gasteiger partial charge in [0.1, 0.15) is 5.76 Å². The second-order valence-electron chi connectivity index (χ2n) is 6.98. The maximum atomic E-state index is 11.3. The van der Waals surface area contributed by atoms with E-state index in [-0.39, 0.29) is 5.92 Å². The number of aromatic nitrogens is 2. The lowest BCUT2D eigenvalue weighted by Gasteiger charge is -2.29. The first kappa shape index (κ1) is 17.0. The molecule has 0 aromatic carbocycles. The maximum absolute atomic E-state index is 11.3. The van der Waals surface area contributed by atoms with E-state index in [0.717, 1.165) is 30.7 Å². The van der Waals surface area contributed by atoms with Crippen molar-refractivity contribution < 1.29 is 14.6 Å². The number of aliphatic hydroxyl groups excluding tert-OH is 1. The quantitative estimate of drug-likeness (QED) is 0.798.